The first-order valence-electron chi connectivity index (χ1n) is 11.7. The molecule has 0 bridgehead atoms. The van der Waals surface area contributed by atoms with Gasteiger partial charge in [0.15, 0.2) is 0 Å². The van der Waals surface area contributed by atoms with Gasteiger partial charge in [0.25, 0.3) is 0 Å². The van der Waals surface area contributed by atoms with Crippen LogP contribution in [0.25, 0.3) is 0 Å². The van der Waals surface area contributed by atoms with Gasteiger partial charge in [-0.1, -0.05) is 5.21 Å². The Labute approximate surface area is 178 Å². The van der Waals surface area contributed by atoms with Gasteiger partial charge >= 0.3 is 0 Å². The molecule has 0 unspecified atom stereocenters. The molecule has 1 aliphatic heterocycles. The molecule has 3 aliphatic carbocycles. The molecule has 2 aromatic rings. The zero-order chi connectivity index (χ0) is 20.2. The average Bonchev–Trinajstić information content (AvgIpc) is 3.67. The molecule has 0 radical (unpaired) electrons. The van der Waals surface area contributed by atoms with Gasteiger partial charge in [-0.2, -0.15) is 0 Å². The molecule has 0 N–H and O–H groups in total. The van der Waals surface area contributed by atoms with E-state index in [4.69, 9.17) is 9.72 Å². The van der Waals surface area contributed by atoms with E-state index in [1.807, 2.05) is 13.1 Å². The molecule has 2 aromatic heterocycles. The van der Waals surface area contributed by atoms with Crippen molar-refractivity contribution in [2.24, 2.45) is 17.8 Å². The molecule has 30 heavy (non-hydrogen) atoms. The molecular weight excluding hydrogens is 376 g/mol. The summed E-state index contributed by atoms with van der Waals surface area (Å²) in [6, 6.07) is 0.301. The van der Waals surface area contributed by atoms with E-state index in [2.05, 4.69) is 38.0 Å². The molecule has 4 aliphatic rings. The lowest BCUT2D eigenvalue weighted by Crippen LogP contribution is -2.38. The molecule has 3 heterocycles. The number of ether oxygens (including phenoxy) is 1. The zero-order valence-corrected chi connectivity index (χ0v) is 18.1. The molecule has 4 atom stereocenters. The molecule has 0 spiro atoms. The molecule has 3 saturated carbocycles. The third kappa shape index (κ3) is 3.61. The monoisotopic (exact) mass is 408 g/mol. The highest BCUT2D eigenvalue weighted by molar-refractivity contribution is 5.44. The van der Waals surface area contributed by atoms with E-state index < -0.39 is 0 Å². The topological polar surface area (TPSA) is 69.0 Å². The summed E-state index contributed by atoms with van der Waals surface area (Å²) in [6.45, 7) is 7.13. The Morgan fingerprint density at radius 1 is 1.07 bits per heavy atom. The second-order valence-corrected chi connectivity index (χ2v) is 10.1. The summed E-state index contributed by atoms with van der Waals surface area (Å²) in [5, 5.41) is 9.06. The molecule has 6 rings (SSSR count). The Morgan fingerprint density at radius 3 is 2.63 bits per heavy atom. The summed E-state index contributed by atoms with van der Waals surface area (Å²) in [6.07, 6.45) is 11.7. The van der Waals surface area contributed by atoms with E-state index in [9.17, 15) is 0 Å². The predicted octanol–water partition coefficient (Wildman–Crippen LogP) is 3.45. The number of hydrogen-bond donors (Lipinski definition) is 0. The quantitative estimate of drug-likeness (QED) is 0.729. The zero-order valence-electron chi connectivity index (χ0n) is 18.1. The fourth-order valence-corrected chi connectivity index (χ4v) is 5.41. The third-order valence-electron chi connectivity index (χ3n) is 7.54. The van der Waals surface area contributed by atoms with E-state index in [-0.39, 0.29) is 6.10 Å². The van der Waals surface area contributed by atoms with Crippen molar-refractivity contribution in [2.45, 2.75) is 70.4 Å². The van der Waals surface area contributed by atoms with Gasteiger partial charge < -0.3 is 9.64 Å². The van der Waals surface area contributed by atoms with Crippen LogP contribution in [0.1, 0.15) is 67.6 Å². The lowest BCUT2D eigenvalue weighted by atomic mass is 9.77. The van der Waals surface area contributed by atoms with Crippen LogP contribution >= 0.6 is 0 Å². The van der Waals surface area contributed by atoms with Crippen LogP contribution in [0.15, 0.2) is 12.4 Å². The van der Waals surface area contributed by atoms with E-state index in [1.54, 1.807) is 0 Å². The molecule has 7 nitrogen and oxygen atoms in total. The van der Waals surface area contributed by atoms with Crippen molar-refractivity contribution >= 4 is 5.82 Å². The molecule has 0 aromatic carbocycles. The summed E-state index contributed by atoms with van der Waals surface area (Å²) in [4.78, 5) is 11.8. The fourth-order valence-electron chi connectivity index (χ4n) is 5.41. The van der Waals surface area contributed by atoms with E-state index in [1.165, 1.54) is 31.4 Å². The first kappa shape index (κ1) is 18.7. The van der Waals surface area contributed by atoms with E-state index >= 15 is 0 Å². The van der Waals surface area contributed by atoms with E-state index in [0.29, 0.717) is 23.8 Å². The second-order valence-electron chi connectivity index (χ2n) is 10.1. The predicted molar refractivity (Wildman–Crippen MR) is 113 cm³/mol. The Hall–Kier alpha value is -2.02. The maximum atomic E-state index is 6.52. The summed E-state index contributed by atoms with van der Waals surface area (Å²) < 4.78 is 8.66. The minimum atomic E-state index is 0.241. The first-order valence-corrected chi connectivity index (χ1v) is 11.7. The maximum Gasteiger partial charge on any atom is 0.150 e. The van der Waals surface area contributed by atoms with Gasteiger partial charge in [0.1, 0.15) is 5.82 Å². The number of anilines is 1. The number of nitrogens with zero attached hydrogens (tertiary/aromatic N) is 6. The summed E-state index contributed by atoms with van der Waals surface area (Å²) in [5.74, 6) is 3.79. The number of rotatable bonds is 6. The number of fused-ring (bicyclic) bond motifs is 1. The van der Waals surface area contributed by atoms with Crippen molar-refractivity contribution in [3.8, 4) is 0 Å². The number of aryl methyl sites for hydroxylation is 2. The van der Waals surface area contributed by atoms with Crippen molar-refractivity contribution in [2.75, 3.05) is 24.6 Å². The molecular formula is C23H32N6O. The summed E-state index contributed by atoms with van der Waals surface area (Å²) >= 11 is 0. The molecule has 4 fully saturated rings. The Bertz CT molecular complexity index is 920. The standard InChI is InChI=1S/C23H32N6O/c1-14-9-24-15(2)23(25-14)28-10-18-7-21(29-12-20(26-27-29)17-5-6-17)22(8-19(18)11-28)30-13-16-3-4-16/h9,12,16-19,21-22H,3-8,10-11,13H2,1-2H3/t18-,19+,21-,22-/m1/s1. The average molecular weight is 409 g/mol. The first-order chi connectivity index (χ1) is 14.6. The van der Waals surface area contributed by atoms with Crippen LogP contribution in [-0.2, 0) is 4.74 Å². The van der Waals surface area contributed by atoms with Gasteiger partial charge in [-0.05, 0) is 70.1 Å². The Morgan fingerprint density at radius 2 is 1.87 bits per heavy atom. The highest BCUT2D eigenvalue weighted by Crippen LogP contribution is 2.45. The largest absolute Gasteiger partial charge is 0.376 e. The van der Waals surface area contributed by atoms with Crippen LogP contribution in [-0.4, -0.2) is 50.8 Å². The van der Waals surface area contributed by atoms with Gasteiger partial charge in [0.05, 0.1) is 29.2 Å². The van der Waals surface area contributed by atoms with Crippen LogP contribution in [0.4, 0.5) is 5.82 Å². The normalized spacial score (nSPS) is 31.2. The van der Waals surface area contributed by atoms with Crippen LogP contribution in [0.2, 0.25) is 0 Å². The third-order valence-corrected chi connectivity index (χ3v) is 7.54. The Kier molecular flexibility index (Phi) is 4.55. The van der Waals surface area contributed by atoms with Crippen LogP contribution in [0, 0.1) is 31.6 Å². The smallest absolute Gasteiger partial charge is 0.150 e. The van der Waals surface area contributed by atoms with Gasteiger partial charge in [-0.3, -0.25) is 4.98 Å². The van der Waals surface area contributed by atoms with Gasteiger partial charge in [0, 0.05) is 38.0 Å². The lowest BCUT2D eigenvalue weighted by Gasteiger charge is -2.37. The fraction of sp³-hybridized carbons (Fsp3) is 0.739. The summed E-state index contributed by atoms with van der Waals surface area (Å²) in [5.41, 5.74) is 3.20. The number of hydrogen-bond acceptors (Lipinski definition) is 6. The van der Waals surface area contributed by atoms with Crippen molar-refractivity contribution in [3.63, 3.8) is 0 Å². The van der Waals surface area contributed by atoms with E-state index in [0.717, 1.165) is 55.7 Å². The Balaban J connectivity index is 1.22. The highest BCUT2D eigenvalue weighted by Gasteiger charge is 2.45. The second kappa shape index (κ2) is 7.29. The molecule has 1 saturated heterocycles. The highest BCUT2D eigenvalue weighted by atomic mass is 16.5. The minimum absolute atomic E-state index is 0.241. The minimum Gasteiger partial charge on any atom is -0.376 e. The summed E-state index contributed by atoms with van der Waals surface area (Å²) in [7, 11) is 0. The van der Waals surface area contributed by atoms with Crippen molar-refractivity contribution in [1.29, 1.82) is 0 Å². The van der Waals surface area contributed by atoms with Crippen molar-refractivity contribution in [3.05, 3.63) is 29.5 Å². The molecule has 7 heteroatoms. The van der Waals surface area contributed by atoms with Crippen LogP contribution in [0.5, 0.6) is 0 Å². The number of aromatic nitrogens is 5. The van der Waals surface area contributed by atoms with Gasteiger partial charge in [0.2, 0.25) is 0 Å². The molecule has 0 amide bonds. The van der Waals surface area contributed by atoms with Crippen LogP contribution < -0.4 is 4.90 Å². The maximum absolute atomic E-state index is 6.52. The molecule has 160 valence electrons. The SMILES string of the molecule is Cc1cnc(C)c(N2C[C@H]3C[C@@H](n4cc(C5CC5)nn4)[C@H](OCC4CC4)C[C@H]3C2)n1. The van der Waals surface area contributed by atoms with Crippen LogP contribution in [0.3, 0.4) is 0 Å². The van der Waals surface area contributed by atoms with Crippen molar-refractivity contribution < 1.29 is 4.74 Å². The van der Waals surface area contributed by atoms with Gasteiger partial charge in [-0.25, -0.2) is 9.67 Å². The lowest BCUT2D eigenvalue weighted by molar-refractivity contribution is -0.0375. The van der Waals surface area contributed by atoms with Crippen molar-refractivity contribution in [1.82, 2.24) is 25.0 Å². The van der Waals surface area contributed by atoms with Gasteiger partial charge in [-0.15, -0.1) is 5.10 Å².